The number of allylic oxidation sites excluding steroid dienone is 5. The Bertz CT molecular complexity index is 1650. The van der Waals surface area contributed by atoms with E-state index in [9.17, 15) is 0 Å². The van der Waals surface area contributed by atoms with Gasteiger partial charge in [0.1, 0.15) is 0 Å². The Labute approximate surface area is 216 Å². The molecule has 2 aliphatic rings. The summed E-state index contributed by atoms with van der Waals surface area (Å²) in [4.78, 5) is 2.78. The molecule has 1 heteroatoms. The van der Waals surface area contributed by atoms with Crippen LogP contribution in [0.3, 0.4) is 0 Å². The maximum atomic E-state index is 2.52. The zero-order valence-electron chi connectivity index (χ0n) is 20.2. The summed E-state index contributed by atoms with van der Waals surface area (Å²) in [6.07, 6.45) is 9.52. The highest BCUT2D eigenvalue weighted by molar-refractivity contribution is 8.12. The lowest BCUT2D eigenvalue weighted by molar-refractivity contribution is 0.485. The summed E-state index contributed by atoms with van der Waals surface area (Å²) in [6.45, 7) is 2.42. The van der Waals surface area contributed by atoms with E-state index >= 15 is 0 Å². The summed E-state index contributed by atoms with van der Waals surface area (Å²) in [6, 6.07) is 39.6. The first-order chi connectivity index (χ1) is 17.7. The predicted molar refractivity (Wildman–Crippen MR) is 157 cm³/mol. The monoisotopic (exact) mass is 478 g/mol. The summed E-state index contributed by atoms with van der Waals surface area (Å²) < 4.78 is 0. The first kappa shape index (κ1) is 21.5. The van der Waals surface area contributed by atoms with E-state index in [4.69, 9.17) is 0 Å². The van der Waals surface area contributed by atoms with Crippen molar-refractivity contribution in [2.75, 3.05) is 0 Å². The molecule has 7 rings (SSSR count). The fraction of sp³-hybridized carbons (Fsp3) is 0.0857. The molecule has 0 amide bonds. The number of fused-ring (bicyclic) bond motifs is 3. The Morgan fingerprint density at radius 1 is 0.611 bits per heavy atom. The van der Waals surface area contributed by atoms with Crippen LogP contribution >= 0.6 is 11.8 Å². The lowest BCUT2D eigenvalue weighted by Gasteiger charge is -2.36. The van der Waals surface area contributed by atoms with E-state index in [0.29, 0.717) is 0 Å². The molecule has 2 atom stereocenters. The van der Waals surface area contributed by atoms with Crippen LogP contribution in [0.25, 0.3) is 37.6 Å². The van der Waals surface area contributed by atoms with Gasteiger partial charge in [0, 0.05) is 21.1 Å². The van der Waals surface area contributed by atoms with E-state index in [1.165, 1.54) is 53.6 Å². The molecular formula is C35H26S. The molecule has 0 fully saturated rings. The standard InChI is InChI=1S/C35H26S/c1-35-23-31(24-13-4-2-5-14-24)36-32(35)22-12-21-30(35)34-28-19-10-8-17-26(28)33(25-15-6-3-7-16-25)27-18-9-11-20-29(27)34/h2-23,30H,1H3. The molecule has 5 aromatic rings. The second-order valence-corrected chi connectivity index (χ2v) is 11.0. The topological polar surface area (TPSA) is 0 Å². The predicted octanol–water partition coefficient (Wildman–Crippen LogP) is 9.99. The van der Waals surface area contributed by atoms with Crippen molar-refractivity contribution in [2.24, 2.45) is 5.41 Å². The van der Waals surface area contributed by atoms with E-state index < -0.39 is 0 Å². The van der Waals surface area contributed by atoms with E-state index in [-0.39, 0.29) is 11.3 Å². The van der Waals surface area contributed by atoms with Gasteiger partial charge in [-0.2, -0.15) is 0 Å². The Hall–Kier alpha value is -3.81. The molecule has 0 saturated carbocycles. The molecule has 1 aliphatic heterocycles. The molecule has 0 N–H and O–H groups in total. The van der Waals surface area contributed by atoms with Crippen molar-refractivity contribution >= 4 is 38.2 Å². The fourth-order valence-electron chi connectivity index (χ4n) is 6.07. The molecule has 0 nitrogen and oxygen atoms in total. The van der Waals surface area contributed by atoms with Crippen molar-refractivity contribution in [1.82, 2.24) is 0 Å². The van der Waals surface area contributed by atoms with Gasteiger partial charge in [0.05, 0.1) is 0 Å². The molecule has 1 heterocycles. The average Bonchev–Trinajstić information content (AvgIpc) is 3.30. The molecule has 36 heavy (non-hydrogen) atoms. The SMILES string of the molecule is CC12C=C(c3ccccc3)SC1=CC=CC2c1c2ccccc2c(-c2ccccc2)c2ccccc12. The van der Waals surface area contributed by atoms with E-state index in [0.717, 1.165) is 0 Å². The summed E-state index contributed by atoms with van der Waals surface area (Å²) in [5.41, 5.74) is 5.23. The highest BCUT2D eigenvalue weighted by atomic mass is 32.2. The third-order valence-electron chi connectivity index (χ3n) is 7.78. The maximum Gasteiger partial charge on any atom is 0.0285 e. The third-order valence-corrected chi connectivity index (χ3v) is 9.15. The van der Waals surface area contributed by atoms with Crippen LogP contribution in [-0.4, -0.2) is 0 Å². The van der Waals surface area contributed by atoms with Crippen molar-refractivity contribution < 1.29 is 0 Å². The number of thioether (sulfide) groups is 1. The fourth-order valence-corrected chi connectivity index (χ4v) is 7.41. The van der Waals surface area contributed by atoms with Gasteiger partial charge < -0.3 is 0 Å². The first-order valence-corrected chi connectivity index (χ1v) is 13.4. The van der Waals surface area contributed by atoms with Gasteiger partial charge in [-0.3, -0.25) is 0 Å². The van der Waals surface area contributed by atoms with Gasteiger partial charge in [0.25, 0.3) is 0 Å². The summed E-state index contributed by atoms with van der Waals surface area (Å²) in [7, 11) is 0. The van der Waals surface area contributed by atoms with Crippen molar-refractivity contribution in [3.8, 4) is 11.1 Å². The van der Waals surface area contributed by atoms with Gasteiger partial charge >= 0.3 is 0 Å². The number of rotatable bonds is 3. The Balaban J connectivity index is 1.52. The Kier molecular flexibility index (Phi) is 5.01. The molecule has 0 saturated heterocycles. The minimum atomic E-state index is -0.0929. The van der Waals surface area contributed by atoms with Crippen LogP contribution in [0.5, 0.6) is 0 Å². The first-order valence-electron chi connectivity index (χ1n) is 12.6. The van der Waals surface area contributed by atoms with Gasteiger partial charge in [0.15, 0.2) is 0 Å². The highest BCUT2D eigenvalue weighted by Gasteiger charge is 2.43. The molecular weight excluding hydrogens is 452 g/mol. The summed E-state index contributed by atoms with van der Waals surface area (Å²) in [5.74, 6) is 0.242. The van der Waals surface area contributed by atoms with Crippen LogP contribution in [0.4, 0.5) is 0 Å². The minimum absolute atomic E-state index is 0.0929. The third kappa shape index (κ3) is 3.23. The van der Waals surface area contributed by atoms with Crippen molar-refractivity contribution in [3.05, 3.63) is 150 Å². The molecule has 0 spiro atoms. The van der Waals surface area contributed by atoms with Crippen LogP contribution < -0.4 is 0 Å². The molecule has 0 bridgehead atoms. The van der Waals surface area contributed by atoms with Gasteiger partial charge in [0.2, 0.25) is 0 Å². The van der Waals surface area contributed by atoms with Crippen LogP contribution in [-0.2, 0) is 0 Å². The van der Waals surface area contributed by atoms with Gasteiger partial charge in [-0.05, 0) is 43.8 Å². The summed E-state index contributed by atoms with van der Waals surface area (Å²) in [5, 5.41) is 5.34. The van der Waals surface area contributed by atoms with Crippen LogP contribution in [0.1, 0.15) is 24.0 Å². The highest BCUT2D eigenvalue weighted by Crippen LogP contribution is 2.61. The molecule has 172 valence electrons. The number of benzene rings is 5. The molecule has 5 aromatic carbocycles. The molecule has 1 aliphatic carbocycles. The normalized spacial score (nSPS) is 20.9. The summed E-state index contributed by atoms with van der Waals surface area (Å²) >= 11 is 1.93. The van der Waals surface area contributed by atoms with Crippen molar-refractivity contribution in [3.63, 3.8) is 0 Å². The van der Waals surface area contributed by atoms with Crippen LogP contribution in [0, 0.1) is 5.41 Å². The Morgan fingerprint density at radius 2 is 1.14 bits per heavy atom. The smallest absolute Gasteiger partial charge is 0.0285 e. The number of hydrogen-bond donors (Lipinski definition) is 0. The second-order valence-electron chi connectivity index (χ2n) is 9.90. The lowest BCUT2D eigenvalue weighted by atomic mass is 9.68. The van der Waals surface area contributed by atoms with Crippen molar-refractivity contribution in [1.29, 1.82) is 0 Å². The van der Waals surface area contributed by atoms with E-state index in [2.05, 4.69) is 140 Å². The minimum Gasteiger partial charge on any atom is -0.0933 e. The molecule has 0 radical (unpaired) electrons. The van der Waals surface area contributed by atoms with Crippen molar-refractivity contribution in [2.45, 2.75) is 12.8 Å². The largest absolute Gasteiger partial charge is 0.0933 e. The van der Waals surface area contributed by atoms with Gasteiger partial charge in [-0.25, -0.2) is 0 Å². The second kappa shape index (κ2) is 8.40. The Morgan fingerprint density at radius 3 is 1.75 bits per heavy atom. The average molecular weight is 479 g/mol. The zero-order valence-corrected chi connectivity index (χ0v) is 21.0. The molecule has 0 aromatic heterocycles. The zero-order chi connectivity index (χ0) is 24.1. The van der Waals surface area contributed by atoms with E-state index in [1.807, 2.05) is 11.8 Å². The van der Waals surface area contributed by atoms with Gasteiger partial charge in [-0.1, -0.05) is 152 Å². The van der Waals surface area contributed by atoms with Crippen LogP contribution in [0.2, 0.25) is 0 Å². The quantitative estimate of drug-likeness (QED) is 0.232. The molecule has 2 unspecified atom stereocenters. The number of hydrogen-bond acceptors (Lipinski definition) is 1. The lowest BCUT2D eigenvalue weighted by Crippen LogP contribution is -2.24. The van der Waals surface area contributed by atoms with E-state index in [1.54, 1.807) is 0 Å². The van der Waals surface area contributed by atoms with Crippen LogP contribution in [0.15, 0.2) is 138 Å². The van der Waals surface area contributed by atoms with Gasteiger partial charge in [-0.15, -0.1) is 0 Å². The maximum absolute atomic E-state index is 2.52.